The van der Waals surface area contributed by atoms with Crippen LogP contribution < -0.4 is 4.80 Å². The Morgan fingerprint density at radius 1 is 0.600 bits per heavy atom. The largest absolute Gasteiger partial charge is 0.340 e. The van der Waals surface area contributed by atoms with Crippen LogP contribution in [0.25, 0.3) is 33.9 Å². The van der Waals surface area contributed by atoms with Crippen molar-refractivity contribution in [3.8, 4) is 33.9 Å². The molecule has 0 unspecified atom stereocenters. The van der Waals surface area contributed by atoms with Crippen LogP contribution in [0.4, 0.5) is 0 Å². The summed E-state index contributed by atoms with van der Waals surface area (Å²) < 4.78 is 0. The van der Waals surface area contributed by atoms with Gasteiger partial charge in [0.15, 0.2) is 5.69 Å². The summed E-state index contributed by atoms with van der Waals surface area (Å²) in [4.78, 5) is 3.58. The molecule has 4 aromatic carbocycles. The van der Waals surface area contributed by atoms with Gasteiger partial charge in [0, 0.05) is 9.82 Å². The van der Waals surface area contributed by atoms with E-state index in [2.05, 4.69) is 36.4 Å². The monoisotopic (exact) mass is 409 g/mol. The number of hydrogen-bond acceptors (Lipinski definition) is 2. The lowest BCUT2D eigenvalue weighted by Crippen LogP contribution is -2.43. The summed E-state index contributed by atoms with van der Waals surface area (Å²) in [7, 11) is 0. The summed E-state index contributed by atoms with van der Waals surface area (Å²) in [6.45, 7) is 0. The molecule has 5 rings (SSSR count). The van der Waals surface area contributed by atoms with Crippen LogP contribution in [0.3, 0.4) is 0 Å². The van der Waals surface area contributed by atoms with E-state index in [-0.39, 0.29) is 0 Å². The molecule has 1 aromatic heterocycles. The summed E-state index contributed by atoms with van der Waals surface area (Å²) in [5.74, 6) is 0.647. The summed E-state index contributed by atoms with van der Waals surface area (Å²) in [6, 6.07) is 36.1. The molecule has 144 valence electrons. The van der Waals surface area contributed by atoms with Crippen LogP contribution in [0.5, 0.6) is 0 Å². The molecule has 0 saturated carbocycles. The molecule has 5 heteroatoms. The van der Waals surface area contributed by atoms with Gasteiger partial charge in [-0.15, -0.1) is 0 Å². The molecular formula is C25H18ClN4+. The van der Waals surface area contributed by atoms with Gasteiger partial charge in [-0.3, -0.25) is 0 Å². The average Bonchev–Trinajstić information content (AvgIpc) is 3.26. The minimum atomic E-state index is 0.647. The van der Waals surface area contributed by atoms with Gasteiger partial charge in [-0.25, -0.2) is 0 Å². The van der Waals surface area contributed by atoms with Crippen LogP contribution in [0, 0.1) is 0 Å². The zero-order valence-corrected chi connectivity index (χ0v) is 16.8. The van der Waals surface area contributed by atoms with E-state index < -0.39 is 0 Å². The average molecular weight is 410 g/mol. The zero-order valence-electron chi connectivity index (χ0n) is 16.1. The Hall–Kier alpha value is -3.76. The Bertz CT molecular complexity index is 1260. The maximum absolute atomic E-state index is 6.07. The minimum Gasteiger partial charge on any atom is -0.0843 e. The summed E-state index contributed by atoms with van der Waals surface area (Å²) in [6.07, 6.45) is 0. The first-order valence-corrected chi connectivity index (χ1v) is 10.0. The smallest absolute Gasteiger partial charge is 0.0843 e. The van der Waals surface area contributed by atoms with Crippen LogP contribution in [0.1, 0.15) is 0 Å². The second-order valence-corrected chi connectivity index (χ2v) is 7.29. The molecule has 1 heterocycles. The van der Waals surface area contributed by atoms with Gasteiger partial charge in [0.2, 0.25) is 0 Å². The van der Waals surface area contributed by atoms with E-state index in [1.54, 1.807) is 9.59 Å². The lowest BCUT2D eigenvalue weighted by Gasteiger charge is -2.00. The quantitative estimate of drug-likeness (QED) is 0.366. The molecule has 0 bridgehead atoms. The van der Waals surface area contributed by atoms with Crippen LogP contribution in [0.2, 0.25) is 5.02 Å². The molecule has 0 aliphatic rings. The predicted octanol–water partition coefficient (Wildman–Crippen LogP) is 5.53. The van der Waals surface area contributed by atoms with Gasteiger partial charge < -0.3 is 0 Å². The fraction of sp³-hybridized carbons (Fsp3) is 0. The van der Waals surface area contributed by atoms with Crippen molar-refractivity contribution in [2.45, 2.75) is 0 Å². The maximum Gasteiger partial charge on any atom is 0.340 e. The van der Waals surface area contributed by atoms with Crippen molar-refractivity contribution in [2.24, 2.45) is 0 Å². The van der Waals surface area contributed by atoms with E-state index in [4.69, 9.17) is 21.8 Å². The summed E-state index contributed by atoms with van der Waals surface area (Å²) >= 11 is 6.07. The Labute approximate surface area is 179 Å². The van der Waals surface area contributed by atoms with E-state index in [1.807, 2.05) is 72.8 Å². The third-order valence-corrected chi connectivity index (χ3v) is 5.11. The number of rotatable bonds is 4. The number of benzene rings is 4. The van der Waals surface area contributed by atoms with Crippen molar-refractivity contribution in [3.63, 3.8) is 0 Å². The lowest BCUT2D eigenvalue weighted by molar-refractivity contribution is -0.734. The third kappa shape index (κ3) is 3.61. The van der Waals surface area contributed by atoms with Crippen molar-refractivity contribution < 1.29 is 4.80 Å². The molecule has 0 radical (unpaired) electrons. The van der Waals surface area contributed by atoms with Crippen LogP contribution in [-0.2, 0) is 0 Å². The van der Waals surface area contributed by atoms with E-state index in [0.29, 0.717) is 10.8 Å². The molecule has 0 fully saturated rings. The molecule has 0 spiro atoms. The van der Waals surface area contributed by atoms with Crippen molar-refractivity contribution in [2.75, 3.05) is 0 Å². The second kappa shape index (κ2) is 7.93. The molecule has 0 amide bonds. The fourth-order valence-corrected chi connectivity index (χ4v) is 3.44. The standard InChI is InChI=1S/C25H18ClN4/c26-22-15-17-24(18-16-22)30-28-25(27-29(30)23-9-5-2-6-10-23)21-13-11-20(12-14-21)19-7-3-1-4-8-19/h1-18H/q+1. The molecule has 0 aliphatic heterocycles. The van der Waals surface area contributed by atoms with Crippen molar-refractivity contribution in [1.82, 2.24) is 15.0 Å². The number of halogens is 1. The molecule has 5 aromatic rings. The van der Waals surface area contributed by atoms with Crippen molar-refractivity contribution in [3.05, 3.63) is 114 Å². The highest BCUT2D eigenvalue weighted by atomic mass is 35.5. The summed E-state index contributed by atoms with van der Waals surface area (Å²) in [5, 5.41) is 10.3. The number of nitrogens with zero attached hydrogens (tertiary/aromatic N) is 4. The van der Waals surface area contributed by atoms with E-state index in [1.165, 1.54) is 5.56 Å². The highest BCUT2D eigenvalue weighted by Gasteiger charge is 2.23. The SMILES string of the molecule is Clc1ccc(-[n+]2nc(-c3ccc(-c4ccccc4)cc3)nn2-c2ccccc2)cc1. The van der Waals surface area contributed by atoms with Gasteiger partial charge in [0.05, 0.1) is 10.7 Å². The summed E-state index contributed by atoms with van der Waals surface area (Å²) in [5.41, 5.74) is 5.09. The third-order valence-electron chi connectivity index (χ3n) is 4.85. The molecule has 4 nitrogen and oxygen atoms in total. The molecule has 0 saturated heterocycles. The van der Waals surface area contributed by atoms with Gasteiger partial charge in [0.25, 0.3) is 0 Å². The van der Waals surface area contributed by atoms with Gasteiger partial charge in [0.1, 0.15) is 5.69 Å². The van der Waals surface area contributed by atoms with Gasteiger partial charge in [-0.1, -0.05) is 72.3 Å². The van der Waals surface area contributed by atoms with Gasteiger partial charge in [-0.2, -0.15) is 0 Å². The molecule has 0 aliphatic carbocycles. The van der Waals surface area contributed by atoms with Gasteiger partial charge in [-0.05, 0) is 69.6 Å². The highest BCUT2D eigenvalue weighted by molar-refractivity contribution is 6.30. The van der Waals surface area contributed by atoms with E-state index in [0.717, 1.165) is 22.5 Å². The predicted molar refractivity (Wildman–Crippen MR) is 119 cm³/mol. The molecule has 0 N–H and O–H groups in total. The first kappa shape index (κ1) is 18.3. The molecule has 0 atom stereocenters. The zero-order chi connectivity index (χ0) is 20.3. The number of tetrazole rings is 1. The Kier molecular flexibility index (Phi) is 4.83. The van der Waals surface area contributed by atoms with Crippen LogP contribution in [-0.4, -0.2) is 15.0 Å². The first-order valence-electron chi connectivity index (χ1n) is 9.65. The maximum atomic E-state index is 6.07. The van der Waals surface area contributed by atoms with E-state index >= 15 is 0 Å². The van der Waals surface area contributed by atoms with Crippen molar-refractivity contribution in [1.29, 1.82) is 0 Å². The molecule has 30 heavy (non-hydrogen) atoms. The number of para-hydroxylation sites is 1. The van der Waals surface area contributed by atoms with Crippen LogP contribution in [0.15, 0.2) is 109 Å². The van der Waals surface area contributed by atoms with E-state index in [9.17, 15) is 0 Å². The minimum absolute atomic E-state index is 0.647. The Morgan fingerprint density at radius 2 is 1.17 bits per heavy atom. The first-order chi connectivity index (χ1) is 14.8. The lowest BCUT2D eigenvalue weighted by atomic mass is 10.0. The number of hydrogen-bond donors (Lipinski definition) is 0. The van der Waals surface area contributed by atoms with Gasteiger partial charge >= 0.3 is 5.82 Å². The topological polar surface area (TPSA) is 34.6 Å². The number of aromatic nitrogens is 4. The Balaban J connectivity index is 1.58. The van der Waals surface area contributed by atoms with Crippen LogP contribution >= 0.6 is 11.6 Å². The highest BCUT2D eigenvalue weighted by Crippen LogP contribution is 2.23. The molecular weight excluding hydrogens is 392 g/mol. The second-order valence-electron chi connectivity index (χ2n) is 6.86. The fourth-order valence-electron chi connectivity index (χ4n) is 3.31. The Morgan fingerprint density at radius 3 is 1.83 bits per heavy atom. The normalized spacial score (nSPS) is 10.8. The van der Waals surface area contributed by atoms with Crippen molar-refractivity contribution >= 4 is 11.6 Å².